The lowest BCUT2D eigenvalue weighted by molar-refractivity contribution is -0.121. The minimum Gasteiger partial charge on any atom is -0.454 e. The standard InChI is InChI=1S/C24H20N4O4/c1-14(29)26-12-20-27-22-19(32-20)9-8-17(23(22)31-15-6-4-3-5-7-15)18-13-28(2)24(30)21-16(18)10-11-25-21/h3-11,13,16H,12H2,1-2H3,(H,26,29). The zero-order valence-corrected chi connectivity index (χ0v) is 17.5. The van der Waals surface area contributed by atoms with Crippen LogP contribution < -0.4 is 10.1 Å². The Morgan fingerprint density at radius 2 is 2.03 bits per heavy atom. The van der Waals surface area contributed by atoms with Crippen molar-refractivity contribution in [3.8, 4) is 11.5 Å². The summed E-state index contributed by atoms with van der Waals surface area (Å²) in [6.07, 6.45) is 5.36. The lowest BCUT2D eigenvalue weighted by Crippen LogP contribution is -2.37. The summed E-state index contributed by atoms with van der Waals surface area (Å²) in [5.74, 6) is 0.964. The molecule has 1 unspecified atom stereocenters. The van der Waals surface area contributed by atoms with E-state index < -0.39 is 0 Å². The number of fused-ring (bicyclic) bond motifs is 2. The number of oxazole rings is 1. The van der Waals surface area contributed by atoms with Gasteiger partial charge in [0.15, 0.2) is 16.8 Å². The number of para-hydroxylation sites is 1. The van der Waals surface area contributed by atoms with Crippen LogP contribution >= 0.6 is 0 Å². The Kier molecular flexibility index (Phi) is 4.82. The molecule has 3 aromatic rings. The Hall–Kier alpha value is -4.20. The first kappa shape index (κ1) is 19.7. The normalized spacial score (nSPS) is 17.2. The Morgan fingerprint density at radius 3 is 2.81 bits per heavy atom. The van der Waals surface area contributed by atoms with Gasteiger partial charge in [-0.3, -0.25) is 14.6 Å². The number of nitrogens with one attached hydrogen (secondary N) is 1. The van der Waals surface area contributed by atoms with Crippen molar-refractivity contribution >= 4 is 34.2 Å². The summed E-state index contributed by atoms with van der Waals surface area (Å²) in [6.45, 7) is 1.61. The van der Waals surface area contributed by atoms with Crippen molar-refractivity contribution in [3.05, 3.63) is 72.4 Å². The van der Waals surface area contributed by atoms with Gasteiger partial charge in [0.05, 0.1) is 12.5 Å². The van der Waals surface area contributed by atoms with Gasteiger partial charge in [-0.05, 0) is 29.8 Å². The van der Waals surface area contributed by atoms with Gasteiger partial charge in [-0.25, -0.2) is 4.98 Å². The number of nitrogens with zero attached hydrogens (tertiary/aromatic N) is 3. The number of carbonyl (C=O) groups excluding carboxylic acids is 2. The fraction of sp³-hybridized carbons (Fsp3) is 0.167. The molecule has 3 heterocycles. The van der Waals surface area contributed by atoms with Crippen LogP contribution in [0.15, 0.2) is 70.4 Å². The minimum absolute atomic E-state index is 0.130. The lowest BCUT2D eigenvalue weighted by atomic mass is 9.86. The van der Waals surface area contributed by atoms with Crippen LogP contribution in [-0.2, 0) is 16.1 Å². The maximum atomic E-state index is 12.5. The van der Waals surface area contributed by atoms with Crippen LogP contribution in [0, 0.1) is 5.92 Å². The first-order chi connectivity index (χ1) is 15.5. The molecule has 2 amide bonds. The first-order valence-corrected chi connectivity index (χ1v) is 10.1. The zero-order chi connectivity index (χ0) is 22.2. The second-order valence-corrected chi connectivity index (χ2v) is 7.56. The van der Waals surface area contributed by atoms with E-state index in [1.165, 1.54) is 11.8 Å². The quantitative estimate of drug-likeness (QED) is 0.669. The summed E-state index contributed by atoms with van der Waals surface area (Å²) < 4.78 is 12.1. The summed E-state index contributed by atoms with van der Waals surface area (Å²) in [7, 11) is 1.71. The molecule has 32 heavy (non-hydrogen) atoms. The number of hydrogen-bond acceptors (Lipinski definition) is 6. The van der Waals surface area contributed by atoms with Gasteiger partial charge in [0, 0.05) is 31.9 Å². The van der Waals surface area contributed by atoms with Crippen molar-refractivity contribution in [1.29, 1.82) is 0 Å². The van der Waals surface area contributed by atoms with Gasteiger partial charge in [0.1, 0.15) is 11.5 Å². The summed E-state index contributed by atoms with van der Waals surface area (Å²) in [4.78, 5) is 34.2. The van der Waals surface area contributed by atoms with Gasteiger partial charge in [-0.2, -0.15) is 0 Å². The van der Waals surface area contributed by atoms with Crippen LogP contribution in [0.5, 0.6) is 11.5 Å². The van der Waals surface area contributed by atoms with E-state index in [2.05, 4.69) is 15.3 Å². The average molecular weight is 428 g/mol. The largest absolute Gasteiger partial charge is 0.454 e. The van der Waals surface area contributed by atoms with Gasteiger partial charge < -0.3 is 19.4 Å². The molecular weight excluding hydrogens is 408 g/mol. The van der Waals surface area contributed by atoms with Crippen molar-refractivity contribution in [2.75, 3.05) is 7.05 Å². The number of rotatable bonds is 5. The smallest absolute Gasteiger partial charge is 0.272 e. The highest BCUT2D eigenvalue weighted by atomic mass is 16.5. The van der Waals surface area contributed by atoms with E-state index in [0.29, 0.717) is 34.2 Å². The number of amides is 2. The Balaban J connectivity index is 1.66. The molecule has 0 saturated carbocycles. The minimum atomic E-state index is -0.264. The second kappa shape index (κ2) is 7.81. The molecule has 1 aromatic heterocycles. The molecule has 8 heteroatoms. The molecular formula is C24H20N4O4. The molecule has 0 spiro atoms. The topological polar surface area (TPSA) is 97.0 Å². The molecule has 2 aliphatic heterocycles. The highest BCUT2D eigenvalue weighted by Crippen LogP contribution is 2.42. The van der Waals surface area contributed by atoms with Gasteiger partial charge >= 0.3 is 0 Å². The number of hydrogen-bond donors (Lipinski definition) is 1. The third-order valence-electron chi connectivity index (χ3n) is 5.32. The molecule has 0 saturated heterocycles. The number of benzene rings is 2. The third-order valence-corrected chi connectivity index (χ3v) is 5.32. The number of allylic oxidation sites excluding steroid dienone is 2. The Morgan fingerprint density at radius 1 is 1.22 bits per heavy atom. The molecule has 0 radical (unpaired) electrons. The van der Waals surface area contributed by atoms with E-state index in [-0.39, 0.29) is 24.3 Å². The summed E-state index contributed by atoms with van der Waals surface area (Å²) >= 11 is 0. The van der Waals surface area contributed by atoms with Gasteiger partial charge in [0.25, 0.3) is 5.91 Å². The van der Waals surface area contributed by atoms with Crippen LogP contribution in [0.2, 0.25) is 0 Å². The highest BCUT2D eigenvalue weighted by Gasteiger charge is 2.35. The van der Waals surface area contributed by atoms with E-state index in [0.717, 1.165) is 11.1 Å². The monoisotopic (exact) mass is 428 g/mol. The highest BCUT2D eigenvalue weighted by molar-refractivity contribution is 6.44. The maximum Gasteiger partial charge on any atom is 0.272 e. The van der Waals surface area contributed by atoms with Crippen LogP contribution in [0.4, 0.5) is 0 Å². The van der Waals surface area contributed by atoms with E-state index in [9.17, 15) is 9.59 Å². The third kappa shape index (κ3) is 3.45. The molecule has 160 valence electrons. The molecule has 0 fully saturated rings. The van der Waals surface area contributed by atoms with Crippen LogP contribution in [-0.4, -0.2) is 34.5 Å². The first-order valence-electron chi connectivity index (χ1n) is 10.1. The van der Waals surface area contributed by atoms with Gasteiger partial charge in [0.2, 0.25) is 11.8 Å². The number of aromatic nitrogens is 1. The van der Waals surface area contributed by atoms with Gasteiger partial charge in [-0.15, -0.1) is 0 Å². The van der Waals surface area contributed by atoms with Crippen molar-refractivity contribution < 1.29 is 18.7 Å². The number of ether oxygens (including phenoxy) is 1. The summed E-state index contributed by atoms with van der Waals surface area (Å²) in [5.41, 5.74) is 3.20. The molecule has 8 nitrogen and oxygen atoms in total. The predicted molar refractivity (Wildman–Crippen MR) is 119 cm³/mol. The zero-order valence-electron chi connectivity index (χ0n) is 17.5. The van der Waals surface area contributed by atoms with Crippen LogP contribution in [0.3, 0.4) is 0 Å². The fourth-order valence-corrected chi connectivity index (χ4v) is 3.81. The van der Waals surface area contributed by atoms with E-state index >= 15 is 0 Å². The maximum absolute atomic E-state index is 12.5. The van der Waals surface area contributed by atoms with Crippen LogP contribution in [0.25, 0.3) is 16.7 Å². The molecule has 0 aliphatic carbocycles. The van der Waals surface area contributed by atoms with E-state index in [1.807, 2.05) is 48.5 Å². The second-order valence-electron chi connectivity index (χ2n) is 7.56. The molecule has 1 N–H and O–H groups in total. The Labute approximate surface area is 183 Å². The van der Waals surface area contributed by atoms with E-state index in [4.69, 9.17) is 9.15 Å². The Bertz CT molecular complexity index is 1320. The fourth-order valence-electron chi connectivity index (χ4n) is 3.81. The number of aliphatic imine (C=N–C) groups is 1. The van der Waals surface area contributed by atoms with Crippen molar-refractivity contribution in [2.45, 2.75) is 13.5 Å². The molecule has 2 aromatic carbocycles. The van der Waals surface area contributed by atoms with Crippen molar-refractivity contribution in [3.63, 3.8) is 0 Å². The summed E-state index contributed by atoms with van der Waals surface area (Å²) in [5, 5.41) is 2.69. The predicted octanol–water partition coefficient (Wildman–Crippen LogP) is 3.65. The summed E-state index contributed by atoms with van der Waals surface area (Å²) in [6, 6.07) is 13.1. The SMILES string of the molecule is CC(=O)NCc1nc2c(Oc3ccccc3)c(C3=CN(C)C(=O)C4=NC=CC34)ccc2o1. The van der Waals surface area contributed by atoms with Crippen LogP contribution in [0.1, 0.15) is 18.4 Å². The van der Waals surface area contributed by atoms with Crippen molar-refractivity contribution in [1.82, 2.24) is 15.2 Å². The average Bonchev–Trinajstić information content (AvgIpc) is 3.43. The molecule has 5 rings (SSSR count). The molecule has 2 aliphatic rings. The molecule has 1 atom stereocenters. The van der Waals surface area contributed by atoms with E-state index in [1.54, 1.807) is 19.4 Å². The number of carbonyl (C=O) groups is 2. The van der Waals surface area contributed by atoms with Gasteiger partial charge in [-0.1, -0.05) is 24.3 Å². The lowest BCUT2D eigenvalue weighted by Gasteiger charge is -2.27. The van der Waals surface area contributed by atoms with Crippen molar-refractivity contribution in [2.24, 2.45) is 10.9 Å². The molecule has 0 bridgehead atoms.